The lowest BCUT2D eigenvalue weighted by Gasteiger charge is -2.30. The molecule has 1 aliphatic rings. The van der Waals surface area contributed by atoms with Crippen LogP contribution >= 0.6 is 0 Å². The fourth-order valence-electron chi connectivity index (χ4n) is 3.91. The zero-order valence-electron chi connectivity index (χ0n) is 20.9. The van der Waals surface area contributed by atoms with Crippen molar-refractivity contribution in [3.63, 3.8) is 0 Å². The lowest BCUT2D eigenvalue weighted by Crippen LogP contribution is -2.34. The van der Waals surface area contributed by atoms with E-state index in [0.717, 1.165) is 6.26 Å². The highest BCUT2D eigenvalue weighted by Gasteiger charge is 2.33. The topological polar surface area (TPSA) is 167 Å². The Kier molecular flexibility index (Phi) is 7.47. The number of benzene rings is 1. The first kappa shape index (κ1) is 26.1. The highest BCUT2D eigenvalue weighted by atomic mass is 32.2. The number of hydrogen-bond donors (Lipinski definition) is 0. The molecule has 37 heavy (non-hydrogen) atoms. The Morgan fingerprint density at radius 2 is 1.89 bits per heavy atom. The zero-order valence-corrected chi connectivity index (χ0v) is 21.7. The molecule has 0 amide bonds. The normalized spacial score (nSPS) is 15.3. The van der Waals surface area contributed by atoms with Crippen LogP contribution in [-0.4, -0.2) is 58.5 Å². The molecule has 0 atom stereocenters. The predicted octanol–water partition coefficient (Wildman–Crippen LogP) is 3.48. The molecule has 0 saturated carbocycles. The van der Waals surface area contributed by atoms with E-state index in [-0.39, 0.29) is 34.1 Å². The van der Waals surface area contributed by atoms with E-state index in [1.807, 2.05) is 18.7 Å². The molecule has 1 fully saturated rings. The smallest absolute Gasteiger partial charge is 0.351 e. The molecular formula is C23H27N7O6S. The van der Waals surface area contributed by atoms with Crippen molar-refractivity contribution in [3.05, 3.63) is 58.0 Å². The molecular weight excluding hydrogens is 502 g/mol. The van der Waals surface area contributed by atoms with Crippen LogP contribution in [-0.2, 0) is 9.84 Å². The largest absolute Gasteiger partial charge is 0.375 e. The van der Waals surface area contributed by atoms with Crippen LogP contribution in [0.3, 0.4) is 0 Å². The molecule has 0 unspecified atom stereocenters. The van der Waals surface area contributed by atoms with E-state index in [2.05, 4.69) is 25.3 Å². The van der Waals surface area contributed by atoms with Gasteiger partial charge < -0.3 is 14.3 Å². The molecule has 3 aromatic rings. The van der Waals surface area contributed by atoms with Gasteiger partial charge in [-0.25, -0.2) is 13.4 Å². The summed E-state index contributed by atoms with van der Waals surface area (Å²) in [6.07, 6.45) is 3.64. The number of nitro groups is 1. The minimum Gasteiger partial charge on any atom is -0.351 e. The summed E-state index contributed by atoms with van der Waals surface area (Å²) in [6, 6.07) is 6.07. The summed E-state index contributed by atoms with van der Waals surface area (Å²) in [5, 5.41) is 20.0. The van der Waals surface area contributed by atoms with E-state index >= 15 is 0 Å². The van der Waals surface area contributed by atoms with Crippen molar-refractivity contribution < 1.29 is 22.7 Å². The molecule has 1 aromatic carbocycles. The first-order valence-electron chi connectivity index (χ1n) is 11.6. The summed E-state index contributed by atoms with van der Waals surface area (Å²) in [5.41, 5.74) is 0.591. The Balaban J connectivity index is 1.50. The van der Waals surface area contributed by atoms with Crippen molar-refractivity contribution in [2.45, 2.75) is 50.3 Å². The zero-order chi connectivity index (χ0) is 26.7. The van der Waals surface area contributed by atoms with Gasteiger partial charge in [0.2, 0.25) is 11.7 Å². The van der Waals surface area contributed by atoms with Gasteiger partial charge in [-0.2, -0.15) is 9.97 Å². The van der Waals surface area contributed by atoms with E-state index in [1.54, 1.807) is 19.1 Å². The van der Waals surface area contributed by atoms with E-state index in [0.29, 0.717) is 48.9 Å². The molecule has 4 rings (SSSR count). The number of hydrogen-bond acceptors (Lipinski definition) is 12. The van der Waals surface area contributed by atoms with Crippen LogP contribution in [0.25, 0.3) is 0 Å². The third-order valence-corrected chi connectivity index (χ3v) is 7.17. The van der Waals surface area contributed by atoms with Crippen LogP contribution in [0.15, 0.2) is 45.2 Å². The molecule has 14 heteroatoms. The van der Waals surface area contributed by atoms with Crippen LogP contribution in [0.5, 0.6) is 5.88 Å². The Bertz CT molecular complexity index is 1410. The highest BCUT2D eigenvalue weighted by molar-refractivity contribution is 7.90. The third-order valence-electron chi connectivity index (χ3n) is 6.04. The van der Waals surface area contributed by atoms with Crippen LogP contribution < -0.4 is 9.74 Å². The number of aromatic nitrogens is 4. The number of sulfone groups is 1. The number of oxime groups is 1. The number of nitrogens with zero attached hydrogens (tertiary/aromatic N) is 7. The summed E-state index contributed by atoms with van der Waals surface area (Å²) >= 11 is 0. The molecule has 0 spiro atoms. The summed E-state index contributed by atoms with van der Waals surface area (Å²) in [4.78, 5) is 31.3. The second kappa shape index (κ2) is 10.6. The molecule has 3 heterocycles. The second-order valence-electron chi connectivity index (χ2n) is 9.08. The SMILES string of the molecule is CC(=NOc1ncnc(N2CCC(c3nc(C(C)C)no3)CC2)c1[N+](=O)[O-])c1ccc(S(C)(=O)=O)cc1. The first-order chi connectivity index (χ1) is 17.5. The van der Waals surface area contributed by atoms with Gasteiger partial charge in [-0.1, -0.05) is 36.3 Å². The molecule has 196 valence electrons. The van der Waals surface area contributed by atoms with Gasteiger partial charge >= 0.3 is 11.6 Å². The van der Waals surface area contributed by atoms with E-state index in [9.17, 15) is 18.5 Å². The molecule has 1 saturated heterocycles. The Morgan fingerprint density at radius 3 is 2.46 bits per heavy atom. The highest BCUT2D eigenvalue weighted by Crippen LogP contribution is 2.37. The summed E-state index contributed by atoms with van der Waals surface area (Å²) in [7, 11) is -3.33. The molecule has 1 aliphatic heterocycles. The molecule has 2 aromatic heterocycles. The van der Waals surface area contributed by atoms with Gasteiger partial charge in [-0.3, -0.25) is 10.1 Å². The molecule has 13 nitrogen and oxygen atoms in total. The van der Waals surface area contributed by atoms with Crippen molar-refractivity contribution in [2.24, 2.45) is 5.16 Å². The fraction of sp³-hybridized carbons (Fsp3) is 0.435. The molecule has 0 aliphatic carbocycles. The van der Waals surface area contributed by atoms with Crippen LogP contribution in [0.4, 0.5) is 11.5 Å². The van der Waals surface area contributed by atoms with E-state index in [1.165, 1.54) is 18.5 Å². The van der Waals surface area contributed by atoms with Crippen LogP contribution in [0.1, 0.15) is 62.7 Å². The van der Waals surface area contributed by atoms with Crippen molar-refractivity contribution in [1.29, 1.82) is 0 Å². The van der Waals surface area contributed by atoms with E-state index < -0.39 is 14.8 Å². The van der Waals surface area contributed by atoms with Crippen molar-refractivity contribution in [2.75, 3.05) is 24.2 Å². The number of anilines is 1. The molecule has 0 radical (unpaired) electrons. The maximum atomic E-state index is 12.0. The minimum absolute atomic E-state index is 0.0641. The second-order valence-corrected chi connectivity index (χ2v) is 11.1. The third kappa shape index (κ3) is 5.90. The summed E-state index contributed by atoms with van der Waals surface area (Å²) in [6.45, 7) is 6.61. The molecule has 0 N–H and O–H groups in total. The summed E-state index contributed by atoms with van der Waals surface area (Å²) < 4.78 is 28.7. The Morgan fingerprint density at radius 1 is 1.22 bits per heavy atom. The predicted molar refractivity (Wildman–Crippen MR) is 134 cm³/mol. The average molecular weight is 530 g/mol. The quantitative estimate of drug-likeness (QED) is 0.238. The summed E-state index contributed by atoms with van der Waals surface area (Å²) in [5.74, 6) is 1.33. The van der Waals surface area contributed by atoms with Gasteiger partial charge in [0.1, 0.15) is 6.33 Å². The Hall–Kier alpha value is -3.94. The fourth-order valence-corrected chi connectivity index (χ4v) is 4.54. The van der Waals surface area contributed by atoms with Crippen molar-refractivity contribution in [1.82, 2.24) is 20.1 Å². The lowest BCUT2D eigenvalue weighted by molar-refractivity contribution is -0.385. The van der Waals surface area contributed by atoms with Gasteiger partial charge in [0, 0.05) is 31.2 Å². The van der Waals surface area contributed by atoms with Crippen LogP contribution in [0.2, 0.25) is 0 Å². The minimum atomic E-state index is -3.33. The number of rotatable bonds is 8. The standard InChI is InChI=1S/C23H27N7O6S/c1-14(2)20-26-22(35-28-20)17-9-11-29(12-10-17)21-19(30(31)32)23(25-13-24-21)36-27-15(3)16-5-7-18(8-6-16)37(4,33)34/h5-8,13-14,17H,9-12H2,1-4H3. The average Bonchev–Trinajstić information content (AvgIpc) is 3.37. The van der Waals surface area contributed by atoms with Gasteiger partial charge in [-0.05, 0) is 37.5 Å². The maximum absolute atomic E-state index is 12.0. The maximum Gasteiger partial charge on any atom is 0.375 e. The lowest BCUT2D eigenvalue weighted by atomic mass is 9.96. The van der Waals surface area contributed by atoms with E-state index in [4.69, 9.17) is 9.36 Å². The Labute approximate surface area is 213 Å². The van der Waals surface area contributed by atoms with Crippen molar-refractivity contribution in [3.8, 4) is 5.88 Å². The van der Waals surface area contributed by atoms with Crippen LogP contribution in [0, 0.1) is 10.1 Å². The number of piperidine rings is 1. The van der Waals surface area contributed by atoms with Gasteiger partial charge in [0.25, 0.3) is 0 Å². The van der Waals surface area contributed by atoms with Gasteiger partial charge in [0.15, 0.2) is 15.7 Å². The monoisotopic (exact) mass is 529 g/mol. The molecule has 0 bridgehead atoms. The van der Waals surface area contributed by atoms with Gasteiger partial charge in [-0.15, -0.1) is 0 Å². The van der Waals surface area contributed by atoms with Crippen molar-refractivity contribution >= 4 is 27.1 Å². The van der Waals surface area contributed by atoms with Gasteiger partial charge in [0.05, 0.1) is 15.5 Å². The first-order valence-corrected chi connectivity index (χ1v) is 13.5.